The minimum atomic E-state index is -1.03. The zero-order valence-corrected chi connectivity index (χ0v) is 12.3. The fraction of sp³-hybridized carbons (Fsp3) is 0.0769. The Labute approximate surface area is 127 Å². The average Bonchev–Trinajstić information content (AvgIpc) is 2.39. The third-order valence-corrected chi connectivity index (χ3v) is 3.20. The number of halogens is 4. The van der Waals surface area contributed by atoms with E-state index in [0.717, 1.165) is 6.07 Å². The number of pyridine rings is 1. The molecule has 2 rings (SSSR count). The summed E-state index contributed by atoms with van der Waals surface area (Å²) in [4.78, 5) is 15.6. The number of carbonyl (C=O) groups is 1. The Hall–Kier alpha value is -1.53. The van der Waals surface area contributed by atoms with Gasteiger partial charge in [0.1, 0.15) is 0 Å². The summed E-state index contributed by atoms with van der Waals surface area (Å²) in [7, 11) is 0. The largest absolute Gasteiger partial charge is 0.323 e. The first kappa shape index (κ1) is 14.9. The van der Waals surface area contributed by atoms with Crippen LogP contribution in [0.2, 0.25) is 5.15 Å². The summed E-state index contributed by atoms with van der Waals surface area (Å²) in [6.45, 7) is 0. The minimum absolute atomic E-state index is 0.0263. The van der Waals surface area contributed by atoms with Gasteiger partial charge in [0.15, 0.2) is 16.8 Å². The van der Waals surface area contributed by atoms with E-state index in [0.29, 0.717) is 10.2 Å². The number of rotatable bonds is 3. The lowest BCUT2D eigenvalue weighted by Crippen LogP contribution is -2.16. The van der Waals surface area contributed by atoms with E-state index >= 15 is 0 Å². The van der Waals surface area contributed by atoms with Gasteiger partial charge in [-0.3, -0.25) is 4.79 Å². The van der Waals surface area contributed by atoms with E-state index < -0.39 is 17.5 Å². The van der Waals surface area contributed by atoms with Crippen molar-refractivity contribution in [1.29, 1.82) is 0 Å². The molecule has 0 aliphatic heterocycles. The van der Waals surface area contributed by atoms with Gasteiger partial charge in [-0.2, -0.15) is 0 Å². The number of hydrogen-bond donors (Lipinski definition) is 1. The quantitative estimate of drug-likeness (QED) is 0.841. The number of aromatic nitrogens is 1. The van der Waals surface area contributed by atoms with Crippen molar-refractivity contribution in [3.05, 3.63) is 57.3 Å². The lowest BCUT2D eigenvalue weighted by atomic mass is 10.1. The van der Waals surface area contributed by atoms with Crippen molar-refractivity contribution in [2.24, 2.45) is 0 Å². The predicted octanol–water partition coefficient (Wildman–Crippen LogP) is 3.96. The Morgan fingerprint density at radius 1 is 1.40 bits per heavy atom. The van der Waals surface area contributed by atoms with Crippen LogP contribution < -0.4 is 5.32 Å². The first-order valence-corrected chi connectivity index (χ1v) is 6.68. The number of nitrogens with one attached hydrogen (secondary N) is 1. The first-order valence-electron chi connectivity index (χ1n) is 5.51. The first-order chi connectivity index (χ1) is 9.47. The smallest absolute Gasteiger partial charge is 0.228 e. The van der Waals surface area contributed by atoms with Crippen molar-refractivity contribution < 1.29 is 13.6 Å². The highest BCUT2D eigenvalue weighted by Gasteiger charge is 2.13. The standard InChI is InChI=1S/C13H8BrClF2N2O/c14-8-5-10(13(15)18-6-8)19-11(20)4-7-2-1-3-9(16)12(7)17/h1-3,5-6H,4H2,(H,19,20). The summed E-state index contributed by atoms with van der Waals surface area (Å²) >= 11 is 9.01. The Morgan fingerprint density at radius 3 is 2.90 bits per heavy atom. The lowest BCUT2D eigenvalue weighted by Gasteiger charge is -2.08. The molecule has 1 amide bonds. The minimum Gasteiger partial charge on any atom is -0.323 e. The van der Waals surface area contributed by atoms with Crippen molar-refractivity contribution >= 4 is 39.1 Å². The van der Waals surface area contributed by atoms with Crippen LogP contribution in [-0.4, -0.2) is 10.9 Å². The molecule has 0 bridgehead atoms. The van der Waals surface area contributed by atoms with E-state index in [9.17, 15) is 13.6 Å². The fourth-order valence-electron chi connectivity index (χ4n) is 1.56. The molecule has 0 atom stereocenters. The van der Waals surface area contributed by atoms with Crippen LogP contribution in [0.25, 0.3) is 0 Å². The van der Waals surface area contributed by atoms with E-state index in [2.05, 4.69) is 26.2 Å². The van der Waals surface area contributed by atoms with Crippen molar-refractivity contribution in [3.63, 3.8) is 0 Å². The zero-order valence-electron chi connectivity index (χ0n) is 9.96. The topological polar surface area (TPSA) is 42.0 Å². The van der Waals surface area contributed by atoms with E-state index in [-0.39, 0.29) is 17.1 Å². The molecule has 0 radical (unpaired) electrons. The molecule has 0 fully saturated rings. The normalized spacial score (nSPS) is 10.4. The van der Waals surface area contributed by atoms with Crippen LogP contribution in [0.3, 0.4) is 0 Å². The maximum Gasteiger partial charge on any atom is 0.228 e. The molecule has 20 heavy (non-hydrogen) atoms. The van der Waals surface area contributed by atoms with E-state index in [1.54, 1.807) is 6.07 Å². The highest BCUT2D eigenvalue weighted by atomic mass is 79.9. The fourth-order valence-corrected chi connectivity index (χ4v) is 2.04. The summed E-state index contributed by atoms with van der Waals surface area (Å²) in [5.41, 5.74) is 0.268. The molecule has 1 heterocycles. The van der Waals surface area contributed by atoms with Gasteiger partial charge in [-0.15, -0.1) is 0 Å². The van der Waals surface area contributed by atoms with Gasteiger partial charge < -0.3 is 5.32 Å². The van der Waals surface area contributed by atoms with Crippen molar-refractivity contribution in [2.45, 2.75) is 6.42 Å². The van der Waals surface area contributed by atoms with Crippen LogP contribution in [0.4, 0.5) is 14.5 Å². The highest BCUT2D eigenvalue weighted by molar-refractivity contribution is 9.10. The van der Waals surface area contributed by atoms with E-state index in [4.69, 9.17) is 11.6 Å². The molecule has 7 heteroatoms. The Kier molecular flexibility index (Phi) is 4.67. The molecular formula is C13H8BrClF2N2O. The number of benzene rings is 1. The molecule has 0 spiro atoms. The molecule has 2 aromatic rings. The van der Waals surface area contributed by atoms with Crippen LogP contribution in [0.5, 0.6) is 0 Å². The van der Waals surface area contributed by atoms with Crippen molar-refractivity contribution in [2.75, 3.05) is 5.32 Å². The van der Waals surface area contributed by atoms with Gasteiger partial charge in [-0.1, -0.05) is 23.7 Å². The molecular weight excluding hydrogens is 354 g/mol. The Morgan fingerprint density at radius 2 is 2.15 bits per heavy atom. The number of carbonyl (C=O) groups excluding carboxylic acids is 1. The molecule has 0 aliphatic rings. The summed E-state index contributed by atoms with van der Waals surface area (Å²) in [6, 6.07) is 5.24. The van der Waals surface area contributed by atoms with Crippen LogP contribution in [-0.2, 0) is 11.2 Å². The van der Waals surface area contributed by atoms with Crippen LogP contribution in [0.1, 0.15) is 5.56 Å². The predicted molar refractivity (Wildman–Crippen MR) is 75.6 cm³/mol. The molecule has 1 aromatic heterocycles. The van der Waals surface area contributed by atoms with Gasteiger partial charge >= 0.3 is 0 Å². The number of anilines is 1. The molecule has 3 nitrogen and oxygen atoms in total. The summed E-state index contributed by atoms with van der Waals surface area (Å²) in [5, 5.41) is 2.61. The van der Waals surface area contributed by atoms with Crippen LogP contribution >= 0.6 is 27.5 Å². The second-order valence-electron chi connectivity index (χ2n) is 3.93. The molecule has 0 unspecified atom stereocenters. The van der Waals surface area contributed by atoms with Crippen LogP contribution in [0.15, 0.2) is 34.9 Å². The summed E-state index contributed by atoms with van der Waals surface area (Å²) in [5.74, 6) is -2.53. The SMILES string of the molecule is O=C(Cc1cccc(F)c1F)Nc1cc(Br)cnc1Cl. The summed E-state index contributed by atoms with van der Waals surface area (Å²) in [6.07, 6.45) is 1.18. The Bertz CT molecular complexity index is 661. The average molecular weight is 362 g/mol. The van der Waals surface area contributed by atoms with E-state index in [1.165, 1.54) is 18.3 Å². The molecule has 0 saturated carbocycles. The monoisotopic (exact) mass is 360 g/mol. The molecule has 1 N–H and O–H groups in total. The number of amides is 1. The second kappa shape index (κ2) is 6.28. The van der Waals surface area contributed by atoms with Crippen molar-refractivity contribution in [1.82, 2.24) is 4.98 Å². The lowest BCUT2D eigenvalue weighted by molar-refractivity contribution is -0.115. The third kappa shape index (κ3) is 3.52. The van der Waals surface area contributed by atoms with Gasteiger partial charge in [0.25, 0.3) is 0 Å². The van der Waals surface area contributed by atoms with Gasteiger partial charge in [0.2, 0.25) is 5.91 Å². The molecule has 0 aliphatic carbocycles. The van der Waals surface area contributed by atoms with Gasteiger partial charge in [-0.25, -0.2) is 13.8 Å². The number of hydrogen-bond acceptors (Lipinski definition) is 2. The van der Waals surface area contributed by atoms with Gasteiger partial charge in [0.05, 0.1) is 12.1 Å². The highest BCUT2D eigenvalue weighted by Crippen LogP contribution is 2.23. The maximum atomic E-state index is 13.4. The van der Waals surface area contributed by atoms with E-state index in [1.807, 2.05) is 0 Å². The zero-order chi connectivity index (χ0) is 14.7. The third-order valence-electron chi connectivity index (χ3n) is 2.46. The maximum absolute atomic E-state index is 13.4. The molecule has 0 saturated heterocycles. The van der Waals surface area contributed by atoms with Crippen LogP contribution in [0, 0.1) is 11.6 Å². The van der Waals surface area contributed by atoms with Gasteiger partial charge in [-0.05, 0) is 28.1 Å². The molecule has 1 aromatic carbocycles. The van der Waals surface area contributed by atoms with Crippen molar-refractivity contribution in [3.8, 4) is 0 Å². The summed E-state index contributed by atoms with van der Waals surface area (Å²) < 4.78 is 27.1. The molecule has 104 valence electrons. The van der Waals surface area contributed by atoms with Gasteiger partial charge in [0, 0.05) is 16.2 Å². The number of nitrogens with zero attached hydrogens (tertiary/aromatic N) is 1. The Balaban J connectivity index is 2.13. The second-order valence-corrected chi connectivity index (χ2v) is 5.20.